The van der Waals surface area contributed by atoms with Crippen molar-refractivity contribution in [2.75, 3.05) is 11.9 Å². The van der Waals surface area contributed by atoms with Crippen molar-refractivity contribution in [3.8, 4) is 0 Å². The summed E-state index contributed by atoms with van der Waals surface area (Å²) in [7, 11) is 0. The average Bonchev–Trinajstić information content (AvgIpc) is 2.65. The van der Waals surface area contributed by atoms with Crippen LogP contribution in [0.4, 0.5) is 11.5 Å². The van der Waals surface area contributed by atoms with E-state index in [9.17, 15) is 14.9 Å². The molecule has 0 aromatic carbocycles. The van der Waals surface area contributed by atoms with Crippen LogP contribution in [0.3, 0.4) is 0 Å². The number of nitrogens with zero attached hydrogens (tertiary/aromatic N) is 3. The predicted molar refractivity (Wildman–Crippen MR) is 69.2 cm³/mol. The van der Waals surface area contributed by atoms with Gasteiger partial charge in [0.05, 0.1) is 10.8 Å². The highest BCUT2D eigenvalue weighted by molar-refractivity contribution is 5.69. The van der Waals surface area contributed by atoms with Crippen molar-refractivity contribution in [3.63, 3.8) is 0 Å². The van der Waals surface area contributed by atoms with Crippen molar-refractivity contribution in [1.29, 1.82) is 0 Å². The summed E-state index contributed by atoms with van der Waals surface area (Å²) < 4.78 is 1.51. The molecule has 1 aromatic heterocycles. The zero-order chi connectivity index (χ0) is 14.6. The number of rotatable bonds is 7. The number of carbonyl (C=O) groups is 1. The van der Waals surface area contributed by atoms with E-state index in [0.29, 0.717) is 31.0 Å². The zero-order valence-corrected chi connectivity index (χ0v) is 11.2. The fourth-order valence-electron chi connectivity index (χ4n) is 1.72. The standard InChI is InChI=1S/C11H18N4O4/c1-4-14-10(9(15(18)19)8(3)13-14)12-6-5-7(2)11(16)17/h7,12H,4-6H2,1-3H3,(H,16,17). The van der Waals surface area contributed by atoms with E-state index in [1.807, 2.05) is 6.92 Å². The minimum atomic E-state index is -0.878. The van der Waals surface area contributed by atoms with Gasteiger partial charge in [-0.2, -0.15) is 5.10 Å². The molecule has 0 saturated carbocycles. The summed E-state index contributed by atoms with van der Waals surface area (Å²) in [5.41, 5.74) is 0.297. The Morgan fingerprint density at radius 3 is 2.74 bits per heavy atom. The smallest absolute Gasteiger partial charge is 0.333 e. The minimum Gasteiger partial charge on any atom is -0.481 e. The number of aromatic nitrogens is 2. The SMILES string of the molecule is CCn1nc(C)c([N+](=O)[O-])c1NCCC(C)C(=O)O. The van der Waals surface area contributed by atoms with Crippen LogP contribution in [0.1, 0.15) is 26.0 Å². The third-order valence-electron chi connectivity index (χ3n) is 2.87. The zero-order valence-electron chi connectivity index (χ0n) is 11.2. The molecule has 0 radical (unpaired) electrons. The van der Waals surface area contributed by atoms with Crippen molar-refractivity contribution >= 4 is 17.5 Å². The van der Waals surface area contributed by atoms with Crippen molar-refractivity contribution in [3.05, 3.63) is 15.8 Å². The lowest BCUT2D eigenvalue weighted by Gasteiger charge is -2.09. The molecule has 0 spiro atoms. The van der Waals surface area contributed by atoms with Crippen LogP contribution in [0, 0.1) is 23.0 Å². The maximum Gasteiger partial charge on any atom is 0.333 e. The Balaban J connectivity index is 2.82. The van der Waals surface area contributed by atoms with E-state index >= 15 is 0 Å². The molecule has 1 rings (SSSR count). The van der Waals surface area contributed by atoms with E-state index in [2.05, 4.69) is 10.4 Å². The fraction of sp³-hybridized carbons (Fsp3) is 0.636. The molecule has 2 N–H and O–H groups in total. The maximum atomic E-state index is 11.0. The number of hydrogen-bond donors (Lipinski definition) is 2. The molecule has 1 heterocycles. The van der Waals surface area contributed by atoms with E-state index in [0.717, 1.165) is 0 Å². The summed E-state index contributed by atoms with van der Waals surface area (Å²) in [5.74, 6) is -1.04. The Bertz CT molecular complexity index is 483. The van der Waals surface area contributed by atoms with Crippen molar-refractivity contribution in [2.24, 2.45) is 5.92 Å². The highest BCUT2D eigenvalue weighted by Crippen LogP contribution is 2.28. The number of nitro groups is 1. The van der Waals surface area contributed by atoms with Crippen molar-refractivity contribution in [2.45, 2.75) is 33.7 Å². The van der Waals surface area contributed by atoms with Crippen LogP contribution in [0.5, 0.6) is 0 Å². The predicted octanol–water partition coefficient (Wildman–Crippen LogP) is 1.64. The number of carboxylic acid groups (broad SMARTS) is 1. The topological polar surface area (TPSA) is 110 Å². The van der Waals surface area contributed by atoms with Crippen LogP contribution >= 0.6 is 0 Å². The molecule has 0 aliphatic heterocycles. The number of aliphatic carboxylic acids is 1. The Morgan fingerprint density at radius 1 is 1.63 bits per heavy atom. The monoisotopic (exact) mass is 270 g/mol. The Morgan fingerprint density at radius 2 is 2.26 bits per heavy atom. The Hall–Kier alpha value is -2.12. The van der Waals surface area contributed by atoms with Crippen LogP contribution in [0.15, 0.2) is 0 Å². The molecule has 1 unspecified atom stereocenters. The highest BCUT2D eigenvalue weighted by Gasteiger charge is 2.24. The van der Waals surface area contributed by atoms with Gasteiger partial charge in [0.25, 0.3) is 0 Å². The van der Waals surface area contributed by atoms with Crippen LogP contribution < -0.4 is 5.32 Å². The first-order chi connectivity index (χ1) is 8.88. The molecule has 106 valence electrons. The van der Waals surface area contributed by atoms with E-state index in [1.165, 1.54) is 4.68 Å². The van der Waals surface area contributed by atoms with E-state index in [-0.39, 0.29) is 5.69 Å². The molecular weight excluding hydrogens is 252 g/mol. The van der Waals surface area contributed by atoms with Crippen molar-refractivity contribution < 1.29 is 14.8 Å². The molecule has 0 amide bonds. The molecule has 8 nitrogen and oxygen atoms in total. The summed E-state index contributed by atoms with van der Waals surface area (Å²) >= 11 is 0. The first-order valence-electron chi connectivity index (χ1n) is 6.06. The molecule has 0 bridgehead atoms. The van der Waals surface area contributed by atoms with Gasteiger partial charge in [0, 0.05) is 13.1 Å². The first kappa shape index (κ1) is 14.9. The second-order valence-electron chi connectivity index (χ2n) is 4.31. The second kappa shape index (κ2) is 6.17. The summed E-state index contributed by atoms with van der Waals surface area (Å²) in [6.07, 6.45) is 0.389. The van der Waals surface area contributed by atoms with Gasteiger partial charge in [-0.3, -0.25) is 14.9 Å². The lowest BCUT2D eigenvalue weighted by molar-refractivity contribution is -0.384. The van der Waals surface area contributed by atoms with Gasteiger partial charge < -0.3 is 10.4 Å². The van der Waals surface area contributed by atoms with E-state index < -0.39 is 16.8 Å². The highest BCUT2D eigenvalue weighted by atomic mass is 16.6. The second-order valence-corrected chi connectivity index (χ2v) is 4.31. The van der Waals surface area contributed by atoms with Gasteiger partial charge in [0.1, 0.15) is 5.69 Å². The quantitative estimate of drug-likeness (QED) is 0.575. The molecule has 8 heteroatoms. The van der Waals surface area contributed by atoms with E-state index in [1.54, 1.807) is 13.8 Å². The third kappa shape index (κ3) is 3.43. The number of nitrogens with one attached hydrogen (secondary N) is 1. The van der Waals surface area contributed by atoms with Crippen LogP contribution in [0.25, 0.3) is 0 Å². The van der Waals surface area contributed by atoms with Gasteiger partial charge in [-0.1, -0.05) is 6.92 Å². The van der Waals surface area contributed by atoms with E-state index in [4.69, 9.17) is 5.11 Å². The summed E-state index contributed by atoms with van der Waals surface area (Å²) in [6.45, 7) is 5.86. The number of anilines is 1. The first-order valence-corrected chi connectivity index (χ1v) is 6.06. The van der Waals surface area contributed by atoms with Gasteiger partial charge in [-0.25, -0.2) is 4.68 Å². The van der Waals surface area contributed by atoms with Gasteiger partial charge >= 0.3 is 11.7 Å². The molecule has 0 saturated heterocycles. The third-order valence-corrected chi connectivity index (χ3v) is 2.87. The number of hydrogen-bond acceptors (Lipinski definition) is 5. The molecule has 1 atom stereocenters. The largest absolute Gasteiger partial charge is 0.481 e. The molecule has 0 aliphatic rings. The maximum absolute atomic E-state index is 11.0. The Labute approximate surface area is 110 Å². The van der Waals surface area contributed by atoms with Crippen LogP contribution in [-0.4, -0.2) is 32.3 Å². The molecule has 0 aliphatic carbocycles. The molecule has 19 heavy (non-hydrogen) atoms. The summed E-state index contributed by atoms with van der Waals surface area (Å²) in [4.78, 5) is 21.2. The van der Waals surface area contributed by atoms with Crippen molar-refractivity contribution in [1.82, 2.24) is 9.78 Å². The van der Waals surface area contributed by atoms with Gasteiger partial charge in [-0.15, -0.1) is 0 Å². The number of aryl methyl sites for hydroxylation is 2. The lowest BCUT2D eigenvalue weighted by Crippen LogP contribution is -2.16. The summed E-state index contributed by atoms with van der Waals surface area (Å²) in [6, 6.07) is 0. The van der Waals surface area contributed by atoms with Gasteiger partial charge in [0.2, 0.25) is 5.82 Å². The van der Waals surface area contributed by atoms with Gasteiger partial charge in [0.15, 0.2) is 0 Å². The fourth-order valence-corrected chi connectivity index (χ4v) is 1.72. The Kier molecular flexibility index (Phi) is 4.85. The average molecular weight is 270 g/mol. The number of carboxylic acids is 1. The lowest BCUT2D eigenvalue weighted by atomic mass is 10.1. The normalized spacial score (nSPS) is 12.2. The summed E-state index contributed by atoms with van der Waals surface area (Å²) in [5, 5.41) is 26.8. The van der Waals surface area contributed by atoms with Crippen LogP contribution in [0.2, 0.25) is 0 Å². The molecule has 1 aromatic rings. The minimum absolute atomic E-state index is 0.0511. The molecular formula is C11H18N4O4. The molecule has 0 fully saturated rings. The van der Waals surface area contributed by atoms with Gasteiger partial charge in [-0.05, 0) is 20.3 Å². The van der Waals surface area contributed by atoms with Crippen LogP contribution in [-0.2, 0) is 11.3 Å².